The second-order valence-corrected chi connectivity index (χ2v) is 6.46. The SMILES string of the molecule is O=C(CN1CCN(C(=O)C2CCCO2)CC1)Nc1ccc([N+](=O)[O-])cc1. The molecule has 0 bridgehead atoms. The van der Waals surface area contributed by atoms with Crippen molar-refractivity contribution in [3.8, 4) is 0 Å². The van der Waals surface area contributed by atoms with E-state index in [0.29, 0.717) is 38.5 Å². The van der Waals surface area contributed by atoms with Crippen molar-refractivity contribution >= 4 is 23.2 Å². The van der Waals surface area contributed by atoms with Gasteiger partial charge in [0.25, 0.3) is 11.6 Å². The van der Waals surface area contributed by atoms with Gasteiger partial charge >= 0.3 is 0 Å². The number of anilines is 1. The number of piperazine rings is 1. The number of non-ortho nitro benzene ring substituents is 1. The highest BCUT2D eigenvalue weighted by Gasteiger charge is 2.30. The lowest BCUT2D eigenvalue weighted by atomic mass is 10.2. The van der Waals surface area contributed by atoms with Gasteiger partial charge in [0.1, 0.15) is 6.10 Å². The lowest BCUT2D eigenvalue weighted by molar-refractivity contribution is -0.384. The smallest absolute Gasteiger partial charge is 0.269 e. The molecule has 2 fully saturated rings. The molecule has 2 aliphatic rings. The fourth-order valence-corrected chi connectivity index (χ4v) is 3.17. The maximum Gasteiger partial charge on any atom is 0.269 e. The van der Waals surface area contributed by atoms with Crippen molar-refractivity contribution < 1.29 is 19.2 Å². The summed E-state index contributed by atoms with van der Waals surface area (Å²) < 4.78 is 5.44. The Bertz CT molecular complexity index is 664. The molecule has 2 amide bonds. The zero-order valence-electron chi connectivity index (χ0n) is 14.4. The van der Waals surface area contributed by atoms with Gasteiger partial charge in [-0.3, -0.25) is 24.6 Å². The first-order valence-electron chi connectivity index (χ1n) is 8.70. The van der Waals surface area contributed by atoms with E-state index in [-0.39, 0.29) is 30.2 Å². The number of nitrogens with zero attached hydrogens (tertiary/aromatic N) is 3. The highest BCUT2D eigenvalue weighted by atomic mass is 16.6. The van der Waals surface area contributed by atoms with E-state index in [1.807, 2.05) is 4.90 Å². The van der Waals surface area contributed by atoms with Gasteiger partial charge in [-0.15, -0.1) is 0 Å². The summed E-state index contributed by atoms with van der Waals surface area (Å²) in [6.45, 7) is 3.31. The molecule has 1 unspecified atom stereocenters. The predicted octanol–water partition coefficient (Wildman–Crippen LogP) is 0.857. The molecule has 2 heterocycles. The van der Waals surface area contributed by atoms with Gasteiger partial charge in [0, 0.05) is 50.6 Å². The van der Waals surface area contributed by atoms with E-state index < -0.39 is 4.92 Å². The summed E-state index contributed by atoms with van der Waals surface area (Å²) in [5.74, 6) is -0.129. The number of benzene rings is 1. The number of amides is 2. The summed E-state index contributed by atoms with van der Waals surface area (Å²) in [5, 5.41) is 13.4. The van der Waals surface area contributed by atoms with Crippen molar-refractivity contribution in [2.45, 2.75) is 18.9 Å². The normalized spacial score (nSPS) is 20.8. The van der Waals surface area contributed by atoms with Crippen LogP contribution in [-0.4, -0.2) is 72.0 Å². The largest absolute Gasteiger partial charge is 0.368 e. The van der Waals surface area contributed by atoms with Gasteiger partial charge in [-0.05, 0) is 25.0 Å². The molecule has 0 saturated carbocycles. The standard InChI is InChI=1S/C17H22N4O5/c22-16(18-13-3-5-14(6-4-13)21(24)25)12-19-7-9-20(10-8-19)17(23)15-2-1-11-26-15/h3-6,15H,1-2,7-12H2,(H,18,22). The van der Waals surface area contributed by atoms with E-state index in [4.69, 9.17) is 4.74 Å². The second kappa shape index (κ2) is 8.24. The van der Waals surface area contributed by atoms with E-state index in [9.17, 15) is 19.7 Å². The van der Waals surface area contributed by atoms with Crippen LogP contribution in [0.1, 0.15) is 12.8 Å². The number of hydrogen-bond acceptors (Lipinski definition) is 6. The summed E-state index contributed by atoms with van der Waals surface area (Å²) >= 11 is 0. The van der Waals surface area contributed by atoms with Crippen LogP contribution < -0.4 is 5.32 Å². The third-order valence-corrected chi connectivity index (χ3v) is 4.62. The topological polar surface area (TPSA) is 105 Å². The Morgan fingerprint density at radius 3 is 2.46 bits per heavy atom. The number of hydrogen-bond donors (Lipinski definition) is 1. The minimum absolute atomic E-state index is 0.0185. The molecule has 26 heavy (non-hydrogen) atoms. The number of carbonyl (C=O) groups excluding carboxylic acids is 2. The van der Waals surface area contributed by atoms with Crippen LogP contribution in [0.2, 0.25) is 0 Å². The molecule has 1 aromatic rings. The molecule has 2 saturated heterocycles. The van der Waals surface area contributed by atoms with Gasteiger partial charge in [-0.1, -0.05) is 0 Å². The van der Waals surface area contributed by atoms with Crippen LogP contribution in [0.15, 0.2) is 24.3 Å². The maximum atomic E-state index is 12.3. The molecular formula is C17H22N4O5. The predicted molar refractivity (Wildman–Crippen MR) is 93.7 cm³/mol. The Hall–Kier alpha value is -2.52. The van der Waals surface area contributed by atoms with E-state index in [1.54, 1.807) is 4.90 Å². The van der Waals surface area contributed by atoms with Crippen LogP contribution in [0.4, 0.5) is 11.4 Å². The first kappa shape index (κ1) is 18.3. The summed E-state index contributed by atoms with van der Waals surface area (Å²) in [6, 6.07) is 5.72. The van der Waals surface area contributed by atoms with Crippen molar-refractivity contribution in [3.05, 3.63) is 34.4 Å². The van der Waals surface area contributed by atoms with E-state index in [2.05, 4.69) is 5.32 Å². The van der Waals surface area contributed by atoms with E-state index in [0.717, 1.165) is 12.8 Å². The van der Waals surface area contributed by atoms with Crippen LogP contribution in [0.5, 0.6) is 0 Å². The molecule has 2 aliphatic heterocycles. The molecule has 0 aromatic heterocycles. The number of ether oxygens (including phenoxy) is 1. The fourth-order valence-electron chi connectivity index (χ4n) is 3.17. The van der Waals surface area contributed by atoms with E-state index >= 15 is 0 Å². The summed E-state index contributed by atoms with van der Waals surface area (Å²) in [5.41, 5.74) is 0.503. The van der Waals surface area contributed by atoms with Crippen LogP contribution in [0, 0.1) is 10.1 Å². The third-order valence-electron chi connectivity index (χ3n) is 4.62. The Labute approximate surface area is 151 Å². The lowest BCUT2D eigenvalue weighted by Gasteiger charge is -2.35. The quantitative estimate of drug-likeness (QED) is 0.615. The Morgan fingerprint density at radius 1 is 1.19 bits per heavy atom. The average Bonchev–Trinajstić information content (AvgIpc) is 3.17. The number of carbonyl (C=O) groups is 2. The Kier molecular flexibility index (Phi) is 5.79. The van der Waals surface area contributed by atoms with Gasteiger partial charge in [0.2, 0.25) is 5.91 Å². The number of rotatable bonds is 5. The molecule has 0 radical (unpaired) electrons. The molecule has 1 N–H and O–H groups in total. The first-order chi connectivity index (χ1) is 12.5. The molecule has 0 spiro atoms. The van der Waals surface area contributed by atoms with Crippen LogP contribution in [-0.2, 0) is 14.3 Å². The van der Waals surface area contributed by atoms with E-state index in [1.165, 1.54) is 24.3 Å². The van der Waals surface area contributed by atoms with Crippen molar-refractivity contribution in [2.24, 2.45) is 0 Å². The van der Waals surface area contributed by atoms with Gasteiger partial charge in [0.15, 0.2) is 0 Å². The Morgan fingerprint density at radius 2 is 1.88 bits per heavy atom. The Balaban J connectivity index is 1.43. The fraction of sp³-hybridized carbons (Fsp3) is 0.529. The van der Waals surface area contributed by atoms with Crippen molar-refractivity contribution in [2.75, 3.05) is 44.6 Å². The molecule has 140 valence electrons. The van der Waals surface area contributed by atoms with Gasteiger partial charge in [-0.25, -0.2) is 0 Å². The van der Waals surface area contributed by atoms with Crippen molar-refractivity contribution in [1.29, 1.82) is 0 Å². The lowest BCUT2D eigenvalue weighted by Crippen LogP contribution is -2.52. The van der Waals surface area contributed by atoms with Gasteiger partial charge in [0.05, 0.1) is 11.5 Å². The molecular weight excluding hydrogens is 340 g/mol. The number of nitrogens with one attached hydrogen (secondary N) is 1. The monoisotopic (exact) mass is 362 g/mol. The zero-order valence-corrected chi connectivity index (χ0v) is 14.4. The molecule has 1 atom stereocenters. The molecule has 9 nitrogen and oxygen atoms in total. The summed E-state index contributed by atoms with van der Waals surface area (Å²) in [7, 11) is 0. The number of nitro groups is 1. The highest BCUT2D eigenvalue weighted by molar-refractivity contribution is 5.92. The third kappa shape index (κ3) is 4.55. The van der Waals surface area contributed by atoms with Gasteiger partial charge < -0.3 is 15.0 Å². The van der Waals surface area contributed by atoms with Gasteiger partial charge in [-0.2, -0.15) is 0 Å². The zero-order chi connectivity index (χ0) is 18.5. The first-order valence-corrected chi connectivity index (χ1v) is 8.70. The minimum Gasteiger partial charge on any atom is -0.368 e. The summed E-state index contributed by atoms with van der Waals surface area (Å²) in [4.78, 5) is 38.4. The van der Waals surface area contributed by atoms with Crippen molar-refractivity contribution in [1.82, 2.24) is 9.80 Å². The average molecular weight is 362 g/mol. The molecule has 1 aromatic carbocycles. The highest BCUT2D eigenvalue weighted by Crippen LogP contribution is 2.17. The number of nitro benzene ring substituents is 1. The van der Waals surface area contributed by atoms with Crippen LogP contribution in [0.25, 0.3) is 0 Å². The van der Waals surface area contributed by atoms with Crippen molar-refractivity contribution in [3.63, 3.8) is 0 Å². The second-order valence-electron chi connectivity index (χ2n) is 6.46. The maximum absolute atomic E-state index is 12.3. The molecule has 9 heteroatoms. The minimum atomic E-state index is -0.483. The molecule has 0 aliphatic carbocycles. The molecule has 3 rings (SSSR count). The van der Waals surface area contributed by atoms with Crippen LogP contribution in [0.3, 0.4) is 0 Å². The summed E-state index contributed by atoms with van der Waals surface area (Å²) in [6.07, 6.45) is 1.42. The van der Waals surface area contributed by atoms with Crippen LogP contribution >= 0.6 is 0 Å².